The molecule has 0 atom stereocenters. The summed E-state index contributed by atoms with van der Waals surface area (Å²) >= 11 is 6.08. The molecule has 3 rings (SSSR count). The van der Waals surface area contributed by atoms with Gasteiger partial charge in [0.15, 0.2) is 0 Å². The molecule has 1 aromatic carbocycles. The third kappa shape index (κ3) is 5.94. The van der Waals surface area contributed by atoms with Crippen molar-refractivity contribution in [2.45, 2.75) is 13.0 Å². The lowest BCUT2D eigenvalue weighted by atomic mass is 10.0. The Morgan fingerprint density at radius 3 is 2.74 bits per heavy atom. The first-order chi connectivity index (χ1) is 16.3. The Morgan fingerprint density at radius 2 is 2.06 bits per heavy atom. The predicted molar refractivity (Wildman–Crippen MR) is 129 cm³/mol. The van der Waals surface area contributed by atoms with Gasteiger partial charge in [0.05, 0.1) is 24.2 Å². The molecule has 34 heavy (non-hydrogen) atoms. The molecule has 12 heteroatoms. The van der Waals surface area contributed by atoms with Gasteiger partial charge in [0.2, 0.25) is 5.82 Å². The van der Waals surface area contributed by atoms with Crippen molar-refractivity contribution < 1.29 is 19.6 Å². The molecule has 2 heterocycles. The van der Waals surface area contributed by atoms with Gasteiger partial charge >= 0.3 is 5.69 Å². The molecule has 3 aromatic rings. The number of anilines is 2. The minimum Gasteiger partial charge on any atom is -0.496 e. The highest BCUT2D eigenvalue weighted by Crippen LogP contribution is 2.35. The van der Waals surface area contributed by atoms with Crippen LogP contribution in [0.1, 0.15) is 16.8 Å². The zero-order chi connectivity index (χ0) is 24.7. The van der Waals surface area contributed by atoms with E-state index in [0.717, 1.165) is 0 Å². The zero-order valence-corrected chi connectivity index (χ0v) is 19.2. The molecule has 5 N–H and O–H groups in total. The molecule has 1 amide bonds. The first kappa shape index (κ1) is 24.8. The quantitative estimate of drug-likeness (QED) is 0.182. The van der Waals surface area contributed by atoms with Crippen LogP contribution in [0.3, 0.4) is 0 Å². The number of pyridine rings is 1. The first-order valence-corrected chi connectivity index (χ1v) is 10.8. The molecule has 0 saturated heterocycles. The monoisotopic (exact) mass is 488 g/mol. The highest BCUT2D eigenvalue weighted by molar-refractivity contribution is 6.30. The van der Waals surface area contributed by atoms with Crippen LogP contribution in [0, 0.1) is 10.1 Å². The second-order valence-corrected chi connectivity index (χ2v) is 7.72. The summed E-state index contributed by atoms with van der Waals surface area (Å²) in [5.74, 6) is 0.500. The number of hydrogen-bond donors (Lipinski definition) is 4. The van der Waals surface area contributed by atoms with Crippen molar-refractivity contribution in [2.75, 3.05) is 37.9 Å². The summed E-state index contributed by atoms with van der Waals surface area (Å²) in [6.07, 6.45) is 4.25. The van der Waals surface area contributed by atoms with E-state index < -0.39 is 4.92 Å². The van der Waals surface area contributed by atoms with Gasteiger partial charge in [-0.1, -0.05) is 11.6 Å². The number of aliphatic hydroxyl groups is 1. The Bertz CT molecular complexity index is 1180. The normalized spacial score (nSPS) is 10.7. The lowest BCUT2D eigenvalue weighted by Crippen LogP contribution is -2.26. The highest BCUT2D eigenvalue weighted by Gasteiger charge is 2.19. The highest BCUT2D eigenvalue weighted by atomic mass is 35.5. The maximum absolute atomic E-state index is 12.7. The van der Waals surface area contributed by atoms with Gasteiger partial charge in [-0.3, -0.25) is 14.9 Å². The van der Waals surface area contributed by atoms with E-state index in [2.05, 4.69) is 15.6 Å². The van der Waals surface area contributed by atoms with E-state index >= 15 is 0 Å². The van der Waals surface area contributed by atoms with E-state index in [1.807, 2.05) is 10.8 Å². The van der Waals surface area contributed by atoms with Gasteiger partial charge in [-0.25, -0.2) is 4.98 Å². The van der Waals surface area contributed by atoms with E-state index in [0.29, 0.717) is 52.8 Å². The van der Waals surface area contributed by atoms with Crippen molar-refractivity contribution in [3.05, 3.63) is 63.4 Å². The van der Waals surface area contributed by atoms with E-state index in [1.165, 1.54) is 19.2 Å². The molecule has 0 radical (unpaired) electrons. The molecule has 0 unspecified atom stereocenters. The summed E-state index contributed by atoms with van der Waals surface area (Å²) in [7, 11) is 1.53. The number of aromatic nitrogens is 2. The summed E-state index contributed by atoms with van der Waals surface area (Å²) in [6.45, 7) is 1.06. The number of ether oxygens (including phenoxy) is 1. The number of nitrogens with zero attached hydrogens (tertiary/aromatic N) is 3. The van der Waals surface area contributed by atoms with Gasteiger partial charge < -0.3 is 30.8 Å². The number of nitrogens with two attached hydrogens (primary N) is 1. The summed E-state index contributed by atoms with van der Waals surface area (Å²) in [5, 5.41) is 26.2. The molecule has 0 saturated carbocycles. The van der Waals surface area contributed by atoms with E-state index in [-0.39, 0.29) is 30.6 Å². The first-order valence-electron chi connectivity index (χ1n) is 10.4. The second kappa shape index (κ2) is 11.3. The Morgan fingerprint density at radius 1 is 1.26 bits per heavy atom. The molecule has 0 aliphatic carbocycles. The number of aryl methyl sites for hydroxylation is 1. The standard InChI is InChI=1S/C22H25ClN6O5/c1-34-19-11-14(23)3-4-15(19)16-12-28(13-17(16)22(31)26-8-10-30)9-2-7-25-20-6-5-18(29(32)33)21(24)27-20/h3-6,11-13,30H,2,7-10H2,1H3,(H,26,31)(H3,24,25,27). The Labute approximate surface area is 200 Å². The van der Waals surface area contributed by atoms with Gasteiger partial charge in [-0.15, -0.1) is 0 Å². The predicted octanol–water partition coefficient (Wildman–Crippen LogP) is 2.93. The zero-order valence-electron chi connectivity index (χ0n) is 18.5. The largest absolute Gasteiger partial charge is 0.496 e. The average molecular weight is 489 g/mol. The Kier molecular flexibility index (Phi) is 8.28. The van der Waals surface area contributed by atoms with Crippen molar-refractivity contribution in [3.8, 4) is 16.9 Å². The fourth-order valence-electron chi connectivity index (χ4n) is 3.38. The van der Waals surface area contributed by atoms with Gasteiger partial charge in [-0.05, 0) is 30.7 Å². The number of nitrogens with one attached hydrogen (secondary N) is 2. The lowest BCUT2D eigenvalue weighted by Gasteiger charge is -2.10. The number of nitrogen functional groups attached to an aromatic ring is 1. The number of benzene rings is 1. The van der Waals surface area contributed by atoms with Crippen LogP contribution in [-0.4, -0.2) is 52.3 Å². The number of nitro groups is 1. The van der Waals surface area contributed by atoms with Crippen molar-refractivity contribution in [3.63, 3.8) is 0 Å². The molecule has 11 nitrogen and oxygen atoms in total. The number of rotatable bonds is 11. The maximum atomic E-state index is 12.7. The van der Waals surface area contributed by atoms with Crippen molar-refractivity contribution in [1.29, 1.82) is 0 Å². The molecule has 0 fully saturated rings. The summed E-state index contributed by atoms with van der Waals surface area (Å²) in [4.78, 5) is 27.0. The van der Waals surface area contributed by atoms with Crippen LogP contribution >= 0.6 is 11.6 Å². The smallest absolute Gasteiger partial charge is 0.311 e. The number of carbonyl (C=O) groups is 1. The number of methoxy groups -OCH3 is 1. The summed E-state index contributed by atoms with van der Waals surface area (Å²) < 4.78 is 7.34. The minimum atomic E-state index is -0.584. The number of carbonyl (C=O) groups excluding carboxylic acids is 1. The fourth-order valence-corrected chi connectivity index (χ4v) is 3.55. The molecular formula is C22H25ClN6O5. The van der Waals surface area contributed by atoms with Gasteiger partial charge in [-0.2, -0.15) is 0 Å². The van der Waals surface area contributed by atoms with E-state index in [9.17, 15) is 14.9 Å². The number of amides is 1. The lowest BCUT2D eigenvalue weighted by molar-refractivity contribution is -0.384. The molecule has 180 valence electrons. The van der Waals surface area contributed by atoms with Gasteiger partial charge in [0, 0.05) is 54.2 Å². The summed E-state index contributed by atoms with van der Waals surface area (Å²) in [6, 6.07) is 7.99. The molecule has 2 aromatic heterocycles. The minimum absolute atomic E-state index is 0.135. The topological polar surface area (TPSA) is 158 Å². The van der Waals surface area contributed by atoms with Crippen LogP contribution < -0.4 is 21.1 Å². The average Bonchev–Trinajstić information content (AvgIpc) is 3.24. The Balaban J connectivity index is 1.74. The number of halogens is 1. The van der Waals surface area contributed by atoms with Gasteiger partial charge in [0.25, 0.3) is 5.91 Å². The molecule has 0 bridgehead atoms. The van der Waals surface area contributed by atoms with Crippen molar-refractivity contribution in [2.24, 2.45) is 0 Å². The SMILES string of the molecule is COc1cc(Cl)ccc1-c1cn(CCCNc2ccc([N+](=O)[O-])c(N)n2)cc1C(=O)NCCO. The van der Waals surface area contributed by atoms with Crippen molar-refractivity contribution >= 4 is 34.8 Å². The van der Waals surface area contributed by atoms with Crippen LogP contribution in [-0.2, 0) is 6.54 Å². The summed E-state index contributed by atoms with van der Waals surface area (Å²) in [5.41, 5.74) is 7.20. The molecular weight excluding hydrogens is 464 g/mol. The van der Waals surface area contributed by atoms with E-state index in [1.54, 1.807) is 24.4 Å². The van der Waals surface area contributed by atoms with Crippen LogP contribution in [0.2, 0.25) is 5.02 Å². The van der Waals surface area contributed by atoms with Crippen LogP contribution in [0.4, 0.5) is 17.3 Å². The fraction of sp³-hybridized carbons (Fsp3) is 0.273. The molecule has 0 spiro atoms. The third-order valence-corrected chi connectivity index (χ3v) is 5.21. The van der Waals surface area contributed by atoms with Crippen LogP contribution in [0.5, 0.6) is 5.75 Å². The molecule has 0 aliphatic rings. The second-order valence-electron chi connectivity index (χ2n) is 7.29. The van der Waals surface area contributed by atoms with Gasteiger partial charge in [0.1, 0.15) is 11.6 Å². The maximum Gasteiger partial charge on any atom is 0.311 e. The number of hydrogen-bond acceptors (Lipinski definition) is 8. The van der Waals surface area contributed by atoms with Crippen LogP contribution in [0.25, 0.3) is 11.1 Å². The molecule has 0 aliphatic heterocycles. The van der Waals surface area contributed by atoms with Crippen LogP contribution in [0.15, 0.2) is 42.7 Å². The third-order valence-electron chi connectivity index (χ3n) is 4.97. The van der Waals surface area contributed by atoms with E-state index in [4.69, 9.17) is 27.2 Å². The van der Waals surface area contributed by atoms with Crippen molar-refractivity contribution in [1.82, 2.24) is 14.9 Å². The Hall–Kier alpha value is -3.83. The number of aliphatic hydroxyl groups excluding tert-OH is 1.